The van der Waals surface area contributed by atoms with Crippen molar-refractivity contribution < 1.29 is 28.5 Å². The number of nitrogens with zero attached hydrogens (tertiary/aromatic N) is 2. The third-order valence-corrected chi connectivity index (χ3v) is 7.61. The van der Waals surface area contributed by atoms with Crippen molar-refractivity contribution in [3.8, 4) is 11.5 Å². The van der Waals surface area contributed by atoms with E-state index in [1.165, 1.54) is 18.4 Å². The number of methoxy groups -OCH3 is 1. The standard InChI is InChI=1S/C29H29BrN2O7S/c1-5-20-24(28(35)36-4)25(18-11-9-8-10-12-18)32-27(34)22(40-29(32)31-20)15-17-13-19(30)26(21(14-17)37-6-2)39-16-23(33)38-7-3/h8-15,25H,5-7,16H2,1-4H3/b22-15-/t25-/m1/s1. The fourth-order valence-electron chi connectivity index (χ4n) is 4.37. The molecular formula is C29H29BrN2O7S. The summed E-state index contributed by atoms with van der Waals surface area (Å²) in [6, 6.07) is 12.2. The highest BCUT2D eigenvalue weighted by molar-refractivity contribution is 9.10. The van der Waals surface area contributed by atoms with Gasteiger partial charge < -0.3 is 18.9 Å². The highest BCUT2D eigenvalue weighted by Crippen LogP contribution is 2.37. The number of carbonyl (C=O) groups is 2. The van der Waals surface area contributed by atoms with Crippen LogP contribution in [0, 0.1) is 0 Å². The number of benzene rings is 2. The molecule has 0 N–H and O–H groups in total. The first-order chi connectivity index (χ1) is 19.3. The first-order valence-electron chi connectivity index (χ1n) is 12.8. The summed E-state index contributed by atoms with van der Waals surface area (Å²) in [7, 11) is 1.32. The number of aromatic nitrogens is 1. The van der Waals surface area contributed by atoms with Gasteiger partial charge in [-0.15, -0.1) is 0 Å². The molecule has 1 aliphatic rings. The first-order valence-corrected chi connectivity index (χ1v) is 14.4. The number of halogens is 1. The van der Waals surface area contributed by atoms with Gasteiger partial charge in [-0.3, -0.25) is 9.36 Å². The fraction of sp³-hybridized carbons (Fsp3) is 0.310. The molecule has 0 spiro atoms. The van der Waals surface area contributed by atoms with Crippen molar-refractivity contribution in [3.63, 3.8) is 0 Å². The molecule has 0 aliphatic carbocycles. The zero-order valence-electron chi connectivity index (χ0n) is 22.6. The summed E-state index contributed by atoms with van der Waals surface area (Å²) in [6.45, 7) is 5.81. The summed E-state index contributed by atoms with van der Waals surface area (Å²) in [4.78, 5) is 43.8. The molecule has 1 atom stereocenters. The van der Waals surface area contributed by atoms with Crippen molar-refractivity contribution in [2.24, 2.45) is 4.99 Å². The number of esters is 2. The lowest BCUT2D eigenvalue weighted by atomic mass is 9.95. The van der Waals surface area contributed by atoms with Crippen LogP contribution in [0.3, 0.4) is 0 Å². The quantitative estimate of drug-likeness (QED) is 0.314. The number of thiazole rings is 1. The summed E-state index contributed by atoms with van der Waals surface area (Å²) in [5.74, 6) is -0.253. The maximum absolute atomic E-state index is 13.8. The van der Waals surface area contributed by atoms with Crippen LogP contribution in [0.25, 0.3) is 6.08 Å². The zero-order chi connectivity index (χ0) is 28.8. The molecule has 0 fully saturated rings. The minimum atomic E-state index is -0.675. The molecule has 1 aliphatic heterocycles. The van der Waals surface area contributed by atoms with E-state index in [2.05, 4.69) is 15.9 Å². The second-order valence-corrected chi connectivity index (χ2v) is 10.4. The normalized spacial score (nSPS) is 14.8. The molecule has 40 heavy (non-hydrogen) atoms. The van der Waals surface area contributed by atoms with Gasteiger partial charge in [0.25, 0.3) is 5.56 Å². The van der Waals surface area contributed by atoms with Crippen LogP contribution in [0.4, 0.5) is 0 Å². The van der Waals surface area contributed by atoms with Gasteiger partial charge in [0, 0.05) is 0 Å². The van der Waals surface area contributed by atoms with Crippen LogP contribution < -0.4 is 24.4 Å². The van der Waals surface area contributed by atoms with Gasteiger partial charge in [0.05, 0.1) is 46.6 Å². The molecule has 0 amide bonds. The Morgan fingerprint density at radius 3 is 2.50 bits per heavy atom. The second-order valence-electron chi connectivity index (χ2n) is 8.56. The zero-order valence-corrected chi connectivity index (χ0v) is 25.0. The maximum Gasteiger partial charge on any atom is 0.344 e. The molecule has 0 unspecified atom stereocenters. The molecule has 4 rings (SSSR count). The van der Waals surface area contributed by atoms with Crippen molar-refractivity contribution in [1.82, 2.24) is 4.57 Å². The lowest BCUT2D eigenvalue weighted by Crippen LogP contribution is -2.40. The molecule has 3 aromatic rings. The summed E-state index contributed by atoms with van der Waals surface area (Å²) in [6.07, 6.45) is 2.23. The van der Waals surface area contributed by atoms with Crippen LogP contribution >= 0.6 is 27.3 Å². The van der Waals surface area contributed by atoms with Crippen molar-refractivity contribution in [2.75, 3.05) is 26.9 Å². The Kier molecular flexibility index (Phi) is 9.59. The molecule has 0 radical (unpaired) electrons. The molecule has 11 heteroatoms. The fourth-order valence-corrected chi connectivity index (χ4v) is 5.97. The number of fused-ring (bicyclic) bond motifs is 1. The van der Waals surface area contributed by atoms with E-state index in [4.69, 9.17) is 23.9 Å². The van der Waals surface area contributed by atoms with Crippen molar-refractivity contribution >= 4 is 45.3 Å². The van der Waals surface area contributed by atoms with E-state index in [1.54, 1.807) is 29.7 Å². The van der Waals surface area contributed by atoms with Crippen LogP contribution in [-0.4, -0.2) is 43.4 Å². The van der Waals surface area contributed by atoms with Gasteiger partial charge in [0.1, 0.15) is 0 Å². The van der Waals surface area contributed by atoms with E-state index < -0.39 is 18.0 Å². The molecule has 0 saturated heterocycles. The van der Waals surface area contributed by atoms with Gasteiger partial charge in [-0.25, -0.2) is 14.6 Å². The van der Waals surface area contributed by atoms with Gasteiger partial charge in [0.15, 0.2) is 22.9 Å². The smallest absolute Gasteiger partial charge is 0.344 e. The van der Waals surface area contributed by atoms with Crippen LogP contribution in [0.2, 0.25) is 0 Å². The molecule has 0 saturated carbocycles. The van der Waals surface area contributed by atoms with Gasteiger partial charge in [-0.2, -0.15) is 0 Å². The number of hydrogen-bond acceptors (Lipinski definition) is 9. The second kappa shape index (κ2) is 13.1. The molecule has 1 aromatic heterocycles. The van der Waals surface area contributed by atoms with Gasteiger partial charge in [-0.1, -0.05) is 48.6 Å². The van der Waals surface area contributed by atoms with Gasteiger partial charge >= 0.3 is 11.9 Å². The Labute approximate surface area is 243 Å². The third-order valence-electron chi connectivity index (χ3n) is 6.03. The van der Waals surface area contributed by atoms with E-state index in [-0.39, 0.29) is 18.8 Å². The number of ether oxygens (including phenoxy) is 4. The summed E-state index contributed by atoms with van der Waals surface area (Å²) in [5, 5.41) is 0. The lowest BCUT2D eigenvalue weighted by molar-refractivity contribution is -0.145. The van der Waals surface area contributed by atoms with Crippen LogP contribution in [0.15, 0.2) is 68.0 Å². The van der Waals surface area contributed by atoms with Crippen molar-refractivity contribution in [1.29, 1.82) is 0 Å². The Balaban J connectivity index is 1.84. The van der Waals surface area contributed by atoms with Crippen LogP contribution in [-0.2, 0) is 19.1 Å². The predicted molar refractivity (Wildman–Crippen MR) is 154 cm³/mol. The maximum atomic E-state index is 13.8. The molecule has 2 aromatic carbocycles. The first kappa shape index (κ1) is 29.3. The minimum absolute atomic E-state index is 0.254. The Hall–Kier alpha value is -3.70. The van der Waals surface area contributed by atoms with Crippen LogP contribution in [0.1, 0.15) is 44.4 Å². The topological polar surface area (TPSA) is 105 Å². The highest BCUT2D eigenvalue weighted by atomic mass is 79.9. The number of hydrogen-bond donors (Lipinski definition) is 0. The molecule has 0 bridgehead atoms. The number of rotatable bonds is 10. The van der Waals surface area contributed by atoms with E-state index in [9.17, 15) is 14.4 Å². The Morgan fingerprint density at radius 1 is 1.10 bits per heavy atom. The van der Waals surface area contributed by atoms with Gasteiger partial charge in [-0.05, 0) is 65.5 Å². The Morgan fingerprint density at radius 2 is 1.85 bits per heavy atom. The highest BCUT2D eigenvalue weighted by Gasteiger charge is 2.33. The molecular weight excluding hydrogens is 600 g/mol. The average Bonchev–Trinajstić information content (AvgIpc) is 3.26. The third kappa shape index (κ3) is 6.05. The van der Waals surface area contributed by atoms with E-state index >= 15 is 0 Å². The van der Waals surface area contributed by atoms with E-state index in [1.807, 2.05) is 44.2 Å². The monoisotopic (exact) mass is 628 g/mol. The van der Waals surface area contributed by atoms with Gasteiger partial charge in [0.2, 0.25) is 0 Å². The molecule has 9 nitrogen and oxygen atoms in total. The Bertz CT molecular complexity index is 1630. The largest absolute Gasteiger partial charge is 0.490 e. The summed E-state index contributed by atoms with van der Waals surface area (Å²) >= 11 is 4.74. The lowest BCUT2D eigenvalue weighted by Gasteiger charge is -2.25. The van der Waals surface area contributed by atoms with E-state index in [0.29, 0.717) is 55.2 Å². The summed E-state index contributed by atoms with van der Waals surface area (Å²) in [5.41, 5.74) is 2.09. The number of allylic oxidation sites excluding steroid dienone is 1. The molecule has 2 heterocycles. The molecule has 210 valence electrons. The summed E-state index contributed by atoms with van der Waals surface area (Å²) < 4.78 is 24.0. The SMILES string of the molecule is CCOC(=O)COc1c(Br)cc(/C=c2\sc3n(c2=O)[C@H](c2ccccc2)C(C(=O)OC)=C(CC)N=3)cc1OCC. The van der Waals surface area contributed by atoms with Crippen LogP contribution in [0.5, 0.6) is 11.5 Å². The minimum Gasteiger partial charge on any atom is -0.490 e. The van der Waals surface area contributed by atoms with Crippen molar-refractivity contribution in [2.45, 2.75) is 33.2 Å². The van der Waals surface area contributed by atoms with Crippen molar-refractivity contribution in [3.05, 3.63) is 89.0 Å². The number of carbonyl (C=O) groups excluding carboxylic acids is 2. The average molecular weight is 630 g/mol. The van der Waals surface area contributed by atoms with E-state index in [0.717, 1.165) is 5.56 Å². The predicted octanol–water partition coefficient (Wildman–Crippen LogP) is 3.90.